The fraction of sp³-hybridized carbons (Fsp3) is 0.300. The second-order valence-corrected chi connectivity index (χ2v) is 6.16. The average Bonchev–Trinajstić information content (AvgIpc) is 2.62. The number of nitrogens with zero attached hydrogens (tertiary/aromatic N) is 2. The van der Waals surface area contributed by atoms with Gasteiger partial charge >= 0.3 is 5.97 Å². The fourth-order valence-electron chi connectivity index (χ4n) is 2.70. The van der Waals surface area contributed by atoms with Gasteiger partial charge in [0.1, 0.15) is 6.04 Å². The van der Waals surface area contributed by atoms with Gasteiger partial charge in [-0.05, 0) is 25.1 Å². The minimum absolute atomic E-state index is 0. The van der Waals surface area contributed by atoms with Crippen molar-refractivity contribution >= 4 is 24.3 Å². The van der Waals surface area contributed by atoms with Crippen molar-refractivity contribution in [3.05, 3.63) is 71.8 Å². The van der Waals surface area contributed by atoms with Crippen LogP contribution in [-0.2, 0) is 9.59 Å². The number of carbonyl (C=O) groups is 2. The van der Waals surface area contributed by atoms with Crippen LogP contribution in [0, 0.1) is 0 Å². The number of benzene rings is 2. The van der Waals surface area contributed by atoms with Gasteiger partial charge < -0.3 is 10.0 Å². The number of carbonyl (C=O) groups excluding carboxylic acids is 1. The normalized spacial score (nSPS) is 11.7. The van der Waals surface area contributed by atoms with Gasteiger partial charge in [0.05, 0.1) is 12.6 Å². The lowest BCUT2D eigenvalue weighted by molar-refractivity contribution is -0.143. The Bertz CT molecular complexity index is 670. The van der Waals surface area contributed by atoms with Crippen molar-refractivity contribution in [2.24, 2.45) is 0 Å². The Morgan fingerprint density at radius 1 is 0.923 bits per heavy atom. The van der Waals surface area contributed by atoms with Crippen LogP contribution in [-0.4, -0.2) is 53.5 Å². The molecule has 2 aromatic rings. The van der Waals surface area contributed by atoms with Gasteiger partial charge in [-0.15, -0.1) is 12.4 Å². The molecule has 0 saturated carbocycles. The largest absolute Gasteiger partial charge is 0.480 e. The molecule has 26 heavy (non-hydrogen) atoms. The molecule has 2 aromatic carbocycles. The molecule has 0 aliphatic heterocycles. The number of rotatable bonds is 7. The number of hydrogen-bond acceptors (Lipinski definition) is 3. The molecule has 0 fully saturated rings. The third kappa shape index (κ3) is 5.31. The number of halogens is 1. The first-order valence-electron chi connectivity index (χ1n) is 8.20. The summed E-state index contributed by atoms with van der Waals surface area (Å²) in [5, 5.41) is 9.10. The van der Waals surface area contributed by atoms with Crippen LogP contribution in [0.1, 0.15) is 24.1 Å². The maximum absolute atomic E-state index is 12.8. The first-order chi connectivity index (χ1) is 11.9. The van der Waals surface area contributed by atoms with Crippen molar-refractivity contribution in [3.63, 3.8) is 0 Å². The third-order valence-electron chi connectivity index (χ3n) is 4.41. The molecule has 0 radical (unpaired) electrons. The minimum atomic E-state index is -0.944. The Labute approximate surface area is 160 Å². The molecule has 0 aromatic heterocycles. The van der Waals surface area contributed by atoms with Crippen LogP contribution in [0.3, 0.4) is 0 Å². The highest BCUT2D eigenvalue weighted by Crippen LogP contribution is 2.27. The van der Waals surface area contributed by atoms with E-state index in [9.17, 15) is 9.59 Å². The van der Waals surface area contributed by atoms with E-state index >= 15 is 0 Å². The first-order valence-corrected chi connectivity index (χ1v) is 8.20. The SMILES string of the molecule is CC(C(=O)O)N(C)CC(=O)N(C)C(c1ccccc1)c1ccccc1.Cl. The summed E-state index contributed by atoms with van der Waals surface area (Å²) in [6, 6.07) is 18.7. The Balaban J connectivity index is 0.00000338. The number of amides is 1. The van der Waals surface area contributed by atoms with Gasteiger partial charge in [0.25, 0.3) is 0 Å². The molecule has 1 amide bonds. The van der Waals surface area contributed by atoms with Crippen LogP contribution in [0.5, 0.6) is 0 Å². The van der Waals surface area contributed by atoms with Crippen LogP contribution in [0.4, 0.5) is 0 Å². The predicted molar refractivity (Wildman–Crippen MR) is 104 cm³/mol. The zero-order chi connectivity index (χ0) is 18.4. The Morgan fingerprint density at radius 2 is 1.35 bits per heavy atom. The summed E-state index contributed by atoms with van der Waals surface area (Å²) < 4.78 is 0. The number of hydrogen-bond donors (Lipinski definition) is 1. The predicted octanol–water partition coefficient (Wildman–Crippen LogP) is 3.06. The highest BCUT2D eigenvalue weighted by molar-refractivity contribution is 5.85. The molecule has 1 atom stereocenters. The molecular weight excluding hydrogens is 352 g/mol. The van der Waals surface area contributed by atoms with E-state index < -0.39 is 12.0 Å². The zero-order valence-corrected chi connectivity index (χ0v) is 16.0. The molecule has 1 N–H and O–H groups in total. The van der Waals surface area contributed by atoms with Gasteiger partial charge in [0.2, 0.25) is 5.91 Å². The second kappa shape index (κ2) is 9.94. The fourth-order valence-corrected chi connectivity index (χ4v) is 2.70. The van der Waals surface area contributed by atoms with Crippen LogP contribution in [0.15, 0.2) is 60.7 Å². The summed E-state index contributed by atoms with van der Waals surface area (Å²) in [5.41, 5.74) is 2.02. The van der Waals surface area contributed by atoms with E-state index in [0.29, 0.717) is 0 Å². The van der Waals surface area contributed by atoms with Gasteiger partial charge in [0.15, 0.2) is 0 Å². The van der Waals surface area contributed by atoms with Crippen LogP contribution in [0.2, 0.25) is 0 Å². The molecular formula is C20H25ClN2O3. The van der Waals surface area contributed by atoms with Crippen LogP contribution >= 0.6 is 12.4 Å². The number of aliphatic carboxylic acids is 1. The molecule has 1 unspecified atom stereocenters. The zero-order valence-electron chi connectivity index (χ0n) is 15.2. The summed E-state index contributed by atoms with van der Waals surface area (Å²) >= 11 is 0. The van der Waals surface area contributed by atoms with Crippen molar-refractivity contribution in [1.82, 2.24) is 9.80 Å². The molecule has 0 bridgehead atoms. The molecule has 0 aliphatic carbocycles. The summed E-state index contributed by atoms with van der Waals surface area (Å²) in [6.45, 7) is 1.61. The Morgan fingerprint density at radius 3 is 1.73 bits per heavy atom. The topological polar surface area (TPSA) is 60.9 Å². The molecule has 140 valence electrons. The van der Waals surface area contributed by atoms with Crippen molar-refractivity contribution in [2.45, 2.75) is 19.0 Å². The van der Waals surface area contributed by atoms with Crippen LogP contribution < -0.4 is 0 Å². The lowest BCUT2D eigenvalue weighted by atomic mass is 9.97. The standard InChI is InChI=1S/C20H24N2O3.ClH/c1-15(20(24)25)21(2)14-18(23)22(3)19(16-10-6-4-7-11-16)17-12-8-5-9-13-17;/h4-13,15,19H,14H2,1-3H3,(H,24,25);1H. The van der Waals surface area contributed by atoms with E-state index in [-0.39, 0.29) is 30.9 Å². The summed E-state index contributed by atoms with van der Waals surface area (Å²) in [5.74, 6) is -1.08. The van der Waals surface area contributed by atoms with Gasteiger partial charge in [-0.1, -0.05) is 60.7 Å². The van der Waals surface area contributed by atoms with E-state index in [2.05, 4.69) is 0 Å². The van der Waals surface area contributed by atoms with Crippen molar-refractivity contribution in [1.29, 1.82) is 0 Å². The first kappa shape index (κ1) is 21.7. The van der Waals surface area contributed by atoms with Crippen molar-refractivity contribution in [3.8, 4) is 0 Å². The monoisotopic (exact) mass is 376 g/mol. The molecule has 5 nitrogen and oxygen atoms in total. The van der Waals surface area contributed by atoms with Gasteiger partial charge in [-0.3, -0.25) is 14.5 Å². The van der Waals surface area contributed by atoms with E-state index in [0.717, 1.165) is 11.1 Å². The maximum atomic E-state index is 12.8. The minimum Gasteiger partial charge on any atom is -0.480 e. The lowest BCUT2D eigenvalue weighted by Crippen LogP contribution is -2.44. The molecule has 0 aliphatic rings. The van der Waals surface area contributed by atoms with Crippen LogP contribution in [0.25, 0.3) is 0 Å². The molecule has 0 spiro atoms. The summed E-state index contributed by atoms with van der Waals surface area (Å²) in [7, 11) is 3.40. The number of carboxylic acids is 1. The Kier molecular flexibility index (Phi) is 8.29. The van der Waals surface area contributed by atoms with Gasteiger partial charge in [-0.2, -0.15) is 0 Å². The summed E-state index contributed by atoms with van der Waals surface area (Å²) in [4.78, 5) is 27.1. The Hall–Kier alpha value is -2.37. The smallest absolute Gasteiger partial charge is 0.320 e. The molecule has 0 heterocycles. The quantitative estimate of drug-likeness (QED) is 0.806. The van der Waals surface area contributed by atoms with Gasteiger partial charge in [0, 0.05) is 7.05 Å². The highest BCUT2D eigenvalue weighted by atomic mass is 35.5. The van der Waals surface area contributed by atoms with E-state index in [1.165, 1.54) is 4.90 Å². The maximum Gasteiger partial charge on any atom is 0.320 e. The van der Waals surface area contributed by atoms with E-state index in [1.807, 2.05) is 60.7 Å². The molecule has 6 heteroatoms. The summed E-state index contributed by atoms with van der Waals surface area (Å²) in [6.07, 6.45) is 0. The van der Waals surface area contributed by atoms with Crippen molar-refractivity contribution < 1.29 is 14.7 Å². The third-order valence-corrected chi connectivity index (χ3v) is 4.41. The van der Waals surface area contributed by atoms with E-state index in [1.54, 1.807) is 25.9 Å². The van der Waals surface area contributed by atoms with E-state index in [4.69, 9.17) is 5.11 Å². The lowest BCUT2D eigenvalue weighted by Gasteiger charge is -2.31. The number of carboxylic acid groups (broad SMARTS) is 1. The van der Waals surface area contributed by atoms with Crippen molar-refractivity contribution in [2.75, 3.05) is 20.6 Å². The average molecular weight is 377 g/mol. The molecule has 2 rings (SSSR count). The van der Waals surface area contributed by atoms with Gasteiger partial charge in [-0.25, -0.2) is 0 Å². The second-order valence-electron chi connectivity index (χ2n) is 6.16. The highest BCUT2D eigenvalue weighted by Gasteiger charge is 2.26. The number of likely N-dealkylation sites (N-methyl/N-ethyl adjacent to an activating group) is 2. The molecule has 0 saturated heterocycles.